The summed E-state index contributed by atoms with van der Waals surface area (Å²) in [5.74, 6) is 1.44. The molecule has 0 bridgehead atoms. The average molecular weight is 434 g/mol. The third kappa shape index (κ3) is 3.68. The number of nitrogens with one attached hydrogen (secondary N) is 1. The Balaban J connectivity index is 1.34. The molecule has 5 rings (SSSR count). The monoisotopic (exact) mass is 434 g/mol. The Kier molecular flexibility index (Phi) is 4.85. The van der Waals surface area contributed by atoms with E-state index in [0.29, 0.717) is 34.5 Å². The Morgan fingerprint density at radius 3 is 2.69 bits per heavy atom. The van der Waals surface area contributed by atoms with Gasteiger partial charge in [0.1, 0.15) is 12.4 Å². The van der Waals surface area contributed by atoms with Crippen LogP contribution in [0.1, 0.15) is 11.4 Å². The van der Waals surface area contributed by atoms with Gasteiger partial charge in [-0.2, -0.15) is 4.98 Å². The zero-order valence-electron chi connectivity index (χ0n) is 17.4. The molecule has 0 radical (unpaired) electrons. The van der Waals surface area contributed by atoms with Crippen LogP contribution in [0.15, 0.2) is 53.1 Å². The predicted octanol–water partition coefficient (Wildman–Crippen LogP) is 4.33. The molecule has 4 aromatic rings. The summed E-state index contributed by atoms with van der Waals surface area (Å²) in [5.41, 5.74) is 3.71. The molecule has 0 spiro atoms. The van der Waals surface area contributed by atoms with E-state index in [9.17, 15) is 9.18 Å². The Morgan fingerprint density at radius 2 is 1.88 bits per heavy atom. The summed E-state index contributed by atoms with van der Waals surface area (Å²) >= 11 is 0. The molecule has 2 aromatic heterocycles. The third-order valence-electron chi connectivity index (χ3n) is 5.29. The molecule has 0 saturated carbocycles. The Labute approximate surface area is 182 Å². The largest absolute Gasteiger partial charge is 0.454 e. The molecular weight excluding hydrogens is 415 g/mol. The number of fused-ring (bicyclic) bond motifs is 1. The SMILES string of the molecule is Cc1cc(-c2nc(-c3ccc(F)cc3)no2)c(C)n1CC(=O)Nc1ccc2c(c1)OCO2. The van der Waals surface area contributed by atoms with Gasteiger partial charge in [-0.05, 0) is 56.3 Å². The van der Waals surface area contributed by atoms with Gasteiger partial charge in [-0.25, -0.2) is 4.39 Å². The van der Waals surface area contributed by atoms with Gasteiger partial charge in [0.05, 0.1) is 5.56 Å². The minimum atomic E-state index is -0.333. The van der Waals surface area contributed by atoms with Gasteiger partial charge >= 0.3 is 0 Å². The molecule has 0 fully saturated rings. The van der Waals surface area contributed by atoms with E-state index in [4.69, 9.17) is 14.0 Å². The van der Waals surface area contributed by atoms with Gasteiger partial charge in [-0.3, -0.25) is 4.79 Å². The molecular formula is C23H19FN4O4. The number of amides is 1. The summed E-state index contributed by atoms with van der Waals surface area (Å²) in [6, 6.07) is 13.0. The predicted molar refractivity (Wildman–Crippen MR) is 114 cm³/mol. The number of ether oxygens (including phenoxy) is 2. The molecule has 0 unspecified atom stereocenters. The zero-order chi connectivity index (χ0) is 22.2. The Morgan fingerprint density at radius 1 is 1.09 bits per heavy atom. The first-order valence-electron chi connectivity index (χ1n) is 9.94. The second kappa shape index (κ2) is 7.84. The molecule has 8 nitrogen and oxygen atoms in total. The average Bonchev–Trinajstić information content (AvgIpc) is 3.50. The lowest BCUT2D eigenvalue weighted by Gasteiger charge is -2.10. The number of benzene rings is 2. The van der Waals surface area contributed by atoms with Crippen molar-refractivity contribution in [2.24, 2.45) is 0 Å². The first kappa shape index (κ1) is 19.8. The minimum absolute atomic E-state index is 0.116. The van der Waals surface area contributed by atoms with Crippen molar-refractivity contribution in [3.8, 4) is 34.3 Å². The van der Waals surface area contributed by atoms with Crippen LogP contribution in [0.3, 0.4) is 0 Å². The van der Waals surface area contributed by atoms with E-state index in [1.165, 1.54) is 12.1 Å². The second-order valence-corrected chi connectivity index (χ2v) is 7.42. The maximum Gasteiger partial charge on any atom is 0.260 e. The number of aryl methyl sites for hydroxylation is 1. The van der Waals surface area contributed by atoms with E-state index in [0.717, 1.165) is 17.0 Å². The molecule has 0 saturated heterocycles. The number of carbonyl (C=O) groups is 1. The lowest BCUT2D eigenvalue weighted by Crippen LogP contribution is -2.20. The highest BCUT2D eigenvalue weighted by molar-refractivity contribution is 5.91. The van der Waals surface area contributed by atoms with Gasteiger partial charge in [0.15, 0.2) is 11.5 Å². The van der Waals surface area contributed by atoms with Crippen LogP contribution in [-0.2, 0) is 11.3 Å². The Hall–Kier alpha value is -4.14. The summed E-state index contributed by atoms with van der Waals surface area (Å²) in [4.78, 5) is 17.1. The van der Waals surface area contributed by atoms with E-state index >= 15 is 0 Å². The van der Waals surface area contributed by atoms with Crippen molar-refractivity contribution < 1.29 is 23.2 Å². The fourth-order valence-electron chi connectivity index (χ4n) is 3.63. The quantitative estimate of drug-likeness (QED) is 0.503. The molecule has 0 atom stereocenters. The van der Waals surface area contributed by atoms with E-state index in [-0.39, 0.29) is 25.1 Å². The molecule has 3 heterocycles. The summed E-state index contributed by atoms with van der Waals surface area (Å²) in [7, 11) is 0. The van der Waals surface area contributed by atoms with Crippen molar-refractivity contribution in [2.75, 3.05) is 12.1 Å². The highest BCUT2D eigenvalue weighted by atomic mass is 19.1. The van der Waals surface area contributed by atoms with Gasteiger partial charge in [-0.15, -0.1) is 0 Å². The number of aromatic nitrogens is 3. The molecule has 1 aliphatic rings. The van der Waals surface area contributed by atoms with Crippen LogP contribution >= 0.6 is 0 Å². The summed E-state index contributed by atoms with van der Waals surface area (Å²) in [5, 5.41) is 6.88. The lowest BCUT2D eigenvalue weighted by atomic mass is 10.2. The lowest BCUT2D eigenvalue weighted by molar-refractivity contribution is -0.116. The van der Waals surface area contributed by atoms with Gasteiger partial charge in [0.25, 0.3) is 5.89 Å². The molecule has 9 heteroatoms. The number of anilines is 1. The van der Waals surface area contributed by atoms with Gasteiger partial charge in [0, 0.05) is 28.7 Å². The maximum absolute atomic E-state index is 13.2. The Bertz CT molecular complexity index is 1310. The van der Waals surface area contributed by atoms with E-state index in [2.05, 4.69) is 15.5 Å². The highest BCUT2D eigenvalue weighted by Crippen LogP contribution is 2.34. The van der Waals surface area contributed by atoms with Crippen LogP contribution in [0, 0.1) is 19.7 Å². The second-order valence-electron chi connectivity index (χ2n) is 7.42. The normalized spacial score (nSPS) is 12.2. The molecule has 1 amide bonds. The number of carbonyl (C=O) groups excluding carboxylic acids is 1. The summed E-state index contributed by atoms with van der Waals surface area (Å²) < 4.78 is 31.1. The van der Waals surface area contributed by atoms with E-state index < -0.39 is 0 Å². The smallest absolute Gasteiger partial charge is 0.260 e. The number of hydrogen-bond donors (Lipinski definition) is 1. The van der Waals surface area contributed by atoms with Crippen molar-refractivity contribution in [3.05, 3.63) is 65.7 Å². The maximum atomic E-state index is 13.2. The summed E-state index contributed by atoms with van der Waals surface area (Å²) in [6.07, 6.45) is 0. The van der Waals surface area contributed by atoms with Crippen LogP contribution < -0.4 is 14.8 Å². The molecule has 32 heavy (non-hydrogen) atoms. The number of halogens is 1. The first-order valence-corrected chi connectivity index (χ1v) is 9.94. The van der Waals surface area contributed by atoms with Gasteiger partial charge in [-0.1, -0.05) is 5.16 Å². The fourth-order valence-corrected chi connectivity index (χ4v) is 3.63. The van der Waals surface area contributed by atoms with Crippen molar-refractivity contribution in [1.29, 1.82) is 0 Å². The van der Waals surface area contributed by atoms with Gasteiger partial charge in [0.2, 0.25) is 18.5 Å². The molecule has 2 aromatic carbocycles. The van der Waals surface area contributed by atoms with E-state index in [1.54, 1.807) is 30.3 Å². The van der Waals surface area contributed by atoms with Crippen LogP contribution in [0.2, 0.25) is 0 Å². The number of hydrogen-bond acceptors (Lipinski definition) is 6. The summed E-state index contributed by atoms with van der Waals surface area (Å²) in [6.45, 7) is 4.08. The molecule has 1 N–H and O–H groups in total. The van der Waals surface area contributed by atoms with Gasteiger partial charge < -0.3 is 23.9 Å². The molecule has 0 aliphatic carbocycles. The van der Waals surface area contributed by atoms with Crippen molar-refractivity contribution in [1.82, 2.24) is 14.7 Å². The van der Waals surface area contributed by atoms with Crippen LogP contribution in [0.5, 0.6) is 11.5 Å². The standard InChI is InChI=1S/C23H19FN4O4/c1-13-9-18(23-26-22(27-32-23)15-3-5-16(24)6-4-15)14(2)28(13)11-21(29)25-17-7-8-19-20(10-17)31-12-30-19/h3-10H,11-12H2,1-2H3,(H,25,29). The molecule has 1 aliphatic heterocycles. The number of rotatable bonds is 5. The fraction of sp³-hybridized carbons (Fsp3) is 0.174. The first-order chi connectivity index (χ1) is 15.5. The van der Waals surface area contributed by atoms with Crippen molar-refractivity contribution in [2.45, 2.75) is 20.4 Å². The third-order valence-corrected chi connectivity index (χ3v) is 5.29. The van der Waals surface area contributed by atoms with Crippen molar-refractivity contribution >= 4 is 11.6 Å². The minimum Gasteiger partial charge on any atom is -0.454 e. The zero-order valence-corrected chi connectivity index (χ0v) is 17.4. The highest BCUT2D eigenvalue weighted by Gasteiger charge is 2.19. The van der Waals surface area contributed by atoms with E-state index in [1.807, 2.05) is 24.5 Å². The van der Waals surface area contributed by atoms with Crippen LogP contribution in [-0.4, -0.2) is 27.4 Å². The molecule has 162 valence electrons. The number of nitrogens with zero attached hydrogens (tertiary/aromatic N) is 3. The topological polar surface area (TPSA) is 91.4 Å². The van der Waals surface area contributed by atoms with Crippen LogP contribution in [0.4, 0.5) is 10.1 Å². The van der Waals surface area contributed by atoms with Crippen LogP contribution in [0.25, 0.3) is 22.8 Å². The van der Waals surface area contributed by atoms with Crippen molar-refractivity contribution in [3.63, 3.8) is 0 Å².